The van der Waals surface area contributed by atoms with Gasteiger partial charge in [-0.05, 0) is 18.7 Å². The minimum Gasteiger partial charge on any atom is -0.355 e. The molecule has 1 saturated heterocycles. The van der Waals surface area contributed by atoms with Crippen molar-refractivity contribution in [2.45, 2.75) is 0 Å². The molecular weight excluding hydrogens is 264 g/mol. The number of nitrogens with two attached hydrogens (primary N) is 1. The Morgan fingerprint density at radius 2 is 1.95 bits per heavy atom. The van der Waals surface area contributed by atoms with Gasteiger partial charge in [-0.25, -0.2) is 14.6 Å². The van der Waals surface area contributed by atoms with Gasteiger partial charge in [0.2, 0.25) is 0 Å². The van der Waals surface area contributed by atoms with Gasteiger partial charge in [-0.15, -0.1) is 0 Å². The smallest absolute Gasteiger partial charge is 0.168 e. The van der Waals surface area contributed by atoms with Gasteiger partial charge < -0.3 is 10.6 Å². The first-order chi connectivity index (χ1) is 10.4. The van der Waals surface area contributed by atoms with Gasteiger partial charge in [-0.1, -0.05) is 18.2 Å². The summed E-state index contributed by atoms with van der Waals surface area (Å²) < 4.78 is 1.85. The molecule has 0 atom stereocenters. The van der Waals surface area contributed by atoms with E-state index in [4.69, 9.17) is 5.73 Å². The zero-order valence-electron chi connectivity index (χ0n) is 11.6. The first kappa shape index (κ1) is 12.3. The van der Waals surface area contributed by atoms with Crippen LogP contribution in [-0.4, -0.2) is 39.4 Å². The Morgan fingerprint density at radius 1 is 1.14 bits per heavy atom. The summed E-state index contributed by atoms with van der Waals surface area (Å²) >= 11 is 0. The highest BCUT2D eigenvalue weighted by molar-refractivity contribution is 5.88. The van der Waals surface area contributed by atoms with E-state index < -0.39 is 0 Å². The third kappa shape index (κ3) is 1.95. The summed E-state index contributed by atoms with van der Waals surface area (Å²) in [7, 11) is 0. The molecule has 1 aliphatic heterocycles. The Bertz CT molecular complexity index is 760. The zero-order valence-corrected chi connectivity index (χ0v) is 11.6. The maximum atomic E-state index is 5.69. The second-order valence-electron chi connectivity index (χ2n) is 5.33. The molecule has 0 saturated carbocycles. The predicted octanol–water partition coefficient (Wildman–Crippen LogP) is 1.21. The Hall–Kier alpha value is -2.47. The van der Waals surface area contributed by atoms with Crippen LogP contribution in [0.15, 0.2) is 42.9 Å². The predicted molar refractivity (Wildman–Crippen MR) is 81.4 cm³/mol. The summed E-state index contributed by atoms with van der Waals surface area (Å²) in [5.41, 5.74) is 7.53. The van der Waals surface area contributed by atoms with E-state index in [0.717, 1.165) is 42.2 Å². The van der Waals surface area contributed by atoms with Crippen molar-refractivity contribution >= 4 is 16.9 Å². The lowest BCUT2D eigenvalue weighted by molar-refractivity contribution is 0.418. The average Bonchev–Trinajstić information content (AvgIpc) is 2.92. The van der Waals surface area contributed by atoms with Gasteiger partial charge in [-0.2, -0.15) is 5.10 Å². The molecule has 0 radical (unpaired) electrons. The summed E-state index contributed by atoms with van der Waals surface area (Å²) in [6.07, 6.45) is 3.45. The molecule has 0 amide bonds. The topological polar surface area (TPSA) is 72.9 Å². The number of aromatic nitrogens is 4. The molecule has 3 heterocycles. The van der Waals surface area contributed by atoms with E-state index in [2.05, 4.69) is 20.0 Å². The number of nitrogens with zero attached hydrogens (tertiary/aromatic N) is 5. The van der Waals surface area contributed by atoms with Gasteiger partial charge in [0.1, 0.15) is 12.1 Å². The van der Waals surface area contributed by atoms with Crippen LogP contribution < -0.4 is 10.6 Å². The zero-order chi connectivity index (χ0) is 14.2. The number of hydrogen-bond acceptors (Lipinski definition) is 5. The van der Waals surface area contributed by atoms with Crippen molar-refractivity contribution in [3.8, 4) is 5.69 Å². The number of fused-ring (bicyclic) bond motifs is 1. The lowest BCUT2D eigenvalue weighted by atomic mass is 10.0. The number of rotatable bonds is 3. The van der Waals surface area contributed by atoms with Crippen LogP contribution in [0.1, 0.15) is 0 Å². The van der Waals surface area contributed by atoms with Crippen LogP contribution in [0.2, 0.25) is 0 Å². The summed E-state index contributed by atoms with van der Waals surface area (Å²) in [6, 6.07) is 10.0. The number of para-hydroxylation sites is 1. The van der Waals surface area contributed by atoms with E-state index in [1.54, 1.807) is 6.33 Å². The second-order valence-corrected chi connectivity index (χ2v) is 5.33. The normalized spacial score (nSPS) is 15.4. The molecule has 0 unspecified atom stereocenters. The lowest BCUT2D eigenvalue weighted by Gasteiger charge is -2.39. The van der Waals surface area contributed by atoms with E-state index >= 15 is 0 Å². The maximum absolute atomic E-state index is 5.69. The third-order valence-corrected chi connectivity index (χ3v) is 3.94. The molecule has 1 aromatic carbocycles. The first-order valence-corrected chi connectivity index (χ1v) is 7.06. The molecule has 106 valence electrons. The van der Waals surface area contributed by atoms with E-state index in [-0.39, 0.29) is 0 Å². The van der Waals surface area contributed by atoms with Crippen LogP contribution in [0.3, 0.4) is 0 Å². The molecule has 6 nitrogen and oxygen atoms in total. The van der Waals surface area contributed by atoms with Crippen LogP contribution in [0.5, 0.6) is 0 Å². The largest absolute Gasteiger partial charge is 0.355 e. The molecule has 0 spiro atoms. The van der Waals surface area contributed by atoms with Crippen molar-refractivity contribution in [1.82, 2.24) is 19.7 Å². The van der Waals surface area contributed by atoms with Crippen molar-refractivity contribution < 1.29 is 0 Å². The molecule has 3 aromatic rings. The average molecular weight is 280 g/mol. The van der Waals surface area contributed by atoms with E-state index in [9.17, 15) is 0 Å². The summed E-state index contributed by atoms with van der Waals surface area (Å²) in [5, 5.41) is 5.45. The monoisotopic (exact) mass is 280 g/mol. The molecule has 21 heavy (non-hydrogen) atoms. The molecule has 2 aromatic heterocycles. The van der Waals surface area contributed by atoms with Gasteiger partial charge in [0.15, 0.2) is 5.65 Å². The number of hydrogen-bond donors (Lipinski definition) is 1. The highest BCUT2D eigenvalue weighted by Crippen LogP contribution is 2.29. The second kappa shape index (κ2) is 4.82. The Labute approximate surface area is 122 Å². The Kier molecular flexibility index (Phi) is 2.82. The van der Waals surface area contributed by atoms with Crippen LogP contribution >= 0.6 is 0 Å². The van der Waals surface area contributed by atoms with Gasteiger partial charge in [0.05, 0.1) is 17.3 Å². The SMILES string of the molecule is NCC1CN(c2ncnc3c2cnn3-c2ccccc2)C1. The van der Waals surface area contributed by atoms with Crippen molar-refractivity contribution in [2.75, 3.05) is 24.5 Å². The number of benzene rings is 1. The van der Waals surface area contributed by atoms with Crippen LogP contribution in [0.25, 0.3) is 16.7 Å². The minimum atomic E-state index is 0.569. The van der Waals surface area contributed by atoms with Crippen LogP contribution in [-0.2, 0) is 0 Å². The molecule has 4 rings (SSSR count). The maximum Gasteiger partial charge on any atom is 0.168 e. The van der Waals surface area contributed by atoms with E-state index in [0.29, 0.717) is 5.92 Å². The lowest BCUT2D eigenvalue weighted by Crippen LogP contribution is -2.50. The molecule has 0 aliphatic carbocycles. The Balaban J connectivity index is 1.77. The number of anilines is 1. The standard InChI is InChI=1S/C15H16N6/c16-6-11-8-20(9-11)14-13-7-19-21(15(13)18-10-17-14)12-4-2-1-3-5-12/h1-5,7,10-11H,6,8-9,16H2. The summed E-state index contributed by atoms with van der Waals surface area (Å²) in [4.78, 5) is 11.1. The van der Waals surface area contributed by atoms with Crippen molar-refractivity contribution in [3.63, 3.8) is 0 Å². The van der Waals surface area contributed by atoms with Crippen molar-refractivity contribution in [1.29, 1.82) is 0 Å². The van der Waals surface area contributed by atoms with Crippen molar-refractivity contribution in [2.24, 2.45) is 11.7 Å². The van der Waals surface area contributed by atoms with Crippen LogP contribution in [0.4, 0.5) is 5.82 Å². The quantitative estimate of drug-likeness (QED) is 0.780. The fourth-order valence-electron chi connectivity index (χ4n) is 2.73. The molecule has 2 N–H and O–H groups in total. The highest BCUT2D eigenvalue weighted by Gasteiger charge is 2.28. The fraction of sp³-hybridized carbons (Fsp3) is 0.267. The summed E-state index contributed by atoms with van der Waals surface area (Å²) in [5.74, 6) is 1.52. The highest BCUT2D eigenvalue weighted by atomic mass is 15.3. The molecule has 1 aliphatic rings. The molecular formula is C15H16N6. The van der Waals surface area contributed by atoms with E-state index in [1.165, 1.54) is 0 Å². The Morgan fingerprint density at radius 3 is 2.71 bits per heavy atom. The van der Waals surface area contributed by atoms with Gasteiger partial charge >= 0.3 is 0 Å². The van der Waals surface area contributed by atoms with Gasteiger partial charge in [-0.3, -0.25) is 0 Å². The summed E-state index contributed by atoms with van der Waals surface area (Å²) in [6.45, 7) is 2.65. The molecule has 0 bridgehead atoms. The van der Waals surface area contributed by atoms with Gasteiger partial charge in [0.25, 0.3) is 0 Å². The minimum absolute atomic E-state index is 0.569. The molecule has 6 heteroatoms. The first-order valence-electron chi connectivity index (χ1n) is 7.06. The third-order valence-electron chi connectivity index (χ3n) is 3.94. The van der Waals surface area contributed by atoms with Crippen LogP contribution in [0, 0.1) is 5.92 Å². The fourth-order valence-corrected chi connectivity index (χ4v) is 2.73. The molecule has 1 fully saturated rings. The van der Waals surface area contributed by atoms with Gasteiger partial charge in [0, 0.05) is 19.0 Å². The van der Waals surface area contributed by atoms with Crippen molar-refractivity contribution in [3.05, 3.63) is 42.9 Å². The van der Waals surface area contributed by atoms with E-state index in [1.807, 2.05) is 41.2 Å².